The third-order valence-electron chi connectivity index (χ3n) is 3.95. The predicted molar refractivity (Wildman–Crippen MR) is 88.8 cm³/mol. The molecule has 0 N–H and O–H groups in total. The molecule has 0 bridgehead atoms. The van der Waals surface area contributed by atoms with E-state index in [1.165, 1.54) is 16.6 Å². The summed E-state index contributed by atoms with van der Waals surface area (Å²) < 4.78 is 0. The monoisotopic (exact) mass is 311 g/mol. The molecule has 1 saturated heterocycles. The Bertz CT molecular complexity index is 671. The van der Waals surface area contributed by atoms with Gasteiger partial charge >= 0.3 is 0 Å². The highest BCUT2D eigenvalue weighted by Crippen LogP contribution is 2.07. The summed E-state index contributed by atoms with van der Waals surface area (Å²) >= 11 is 0. The molecule has 23 heavy (non-hydrogen) atoms. The van der Waals surface area contributed by atoms with Crippen LogP contribution in [-0.4, -0.2) is 63.4 Å². The van der Waals surface area contributed by atoms with Gasteiger partial charge in [0, 0.05) is 39.8 Å². The number of hydrogen-bond acceptors (Lipinski definition) is 4. The molecule has 6 heteroatoms. The van der Waals surface area contributed by atoms with E-state index in [4.69, 9.17) is 0 Å². The van der Waals surface area contributed by atoms with Crippen molar-refractivity contribution in [2.24, 2.45) is 7.05 Å². The van der Waals surface area contributed by atoms with Crippen molar-refractivity contribution >= 4 is 12.0 Å². The quantitative estimate of drug-likeness (QED) is 0.854. The fourth-order valence-electron chi connectivity index (χ4n) is 2.64. The minimum atomic E-state index is -0.0300. The Kier molecular flexibility index (Phi) is 4.83. The van der Waals surface area contributed by atoms with Gasteiger partial charge in [0.2, 0.25) is 0 Å². The maximum atomic E-state index is 12.3. The van der Waals surface area contributed by atoms with E-state index < -0.39 is 0 Å². The van der Waals surface area contributed by atoms with Crippen LogP contribution in [0.1, 0.15) is 16.1 Å². The summed E-state index contributed by atoms with van der Waals surface area (Å²) in [5, 5.41) is 8.03. The van der Waals surface area contributed by atoms with Gasteiger partial charge in [-0.25, -0.2) is 0 Å². The molecule has 1 aromatic carbocycles. The van der Waals surface area contributed by atoms with Crippen LogP contribution in [0.5, 0.6) is 0 Å². The fraction of sp³-hybridized carbons (Fsp3) is 0.353. The van der Waals surface area contributed by atoms with E-state index in [0.717, 1.165) is 32.7 Å². The summed E-state index contributed by atoms with van der Waals surface area (Å²) in [4.78, 5) is 17.9. The Morgan fingerprint density at radius 2 is 1.91 bits per heavy atom. The lowest BCUT2D eigenvalue weighted by Gasteiger charge is -2.33. The maximum absolute atomic E-state index is 12.3. The van der Waals surface area contributed by atoms with Crippen molar-refractivity contribution in [2.75, 3.05) is 32.7 Å². The zero-order valence-corrected chi connectivity index (χ0v) is 13.3. The second-order valence-corrected chi connectivity index (χ2v) is 5.63. The SMILES string of the molecule is Cn1ncc(C(=O)N2CCN(C/C=C/c3ccccc3)CC2)n1. The molecule has 0 aliphatic carbocycles. The molecule has 1 aliphatic rings. The van der Waals surface area contributed by atoms with Crippen molar-refractivity contribution in [3.63, 3.8) is 0 Å². The van der Waals surface area contributed by atoms with Gasteiger partial charge in [0.1, 0.15) is 0 Å². The Morgan fingerprint density at radius 3 is 2.57 bits per heavy atom. The Balaban J connectivity index is 1.47. The van der Waals surface area contributed by atoms with E-state index in [2.05, 4.69) is 39.4 Å². The van der Waals surface area contributed by atoms with Crippen LogP contribution in [0.3, 0.4) is 0 Å². The standard InChI is InChI=1S/C17H21N5O/c1-20-18-14-16(19-20)17(23)22-12-10-21(11-13-22)9-5-8-15-6-3-2-4-7-15/h2-8,14H,9-13H2,1H3/b8-5+. The first-order valence-electron chi connectivity index (χ1n) is 7.82. The van der Waals surface area contributed by atoms with Gasteiger partial charge < -0.3 is 4.90 Å². The molecule has 3 rings (SSSR count). The van der Waals surface area contributed by atoms with Gasteiger partial charge in [0.05, 0.1) is 6.20 Å². The Labute approximate surface area is 136 Å². The summed E-state index contributed by atoms with van der Waals surface area (Å²) in [5.74, 6) is -0.0300. The van der Waals surface area contributed by atoms with E-state index in [1.54, 1.807) is 7.05 Å². The highest BCUT2D eigenvalue weighted by Gasteiger charge is 2.23. The number of nitrogens with zero attached hydrogens (tertiary/aromatic N) is 5. The second kappa shape index (κ2) is 7.19. The lowest BCUT2D eigenvalue weighted by Crippen LogP contribution is -2.48. The van der Waals surface area contributed by atoms with Crippen LogP contribution in [-0.2, 0) is 7.05 Å². The average Bonchev–Trinajstić information content (AvgIpc) is 3.02. The lowest BCUT2D eigenvalue weighted by molar-refractivity contribution is 0.0643. The molecule has 0 spiro atoms. The lowest BCUT2D eigenvalue weighted by atomic mass is 10.2. The van der Waals surface area contributed by atoms with E-state index in [-0.39, 0.29) is 5.91 Å². The van der Waals surface area contributed by atoms with Crippen molar-refractivity contribution in [3.05, 3.63) is 53.9 Å². The molecule has 0 unspecified atom stereocenters. The van der Waals surface area contributed by atoms with Crippen LogP contribution in [0.4, 0.5) is 0 Å². The van der Waals surface area contributed by atoms with Gasteiger partial charge in [-0.05, 0) is 5.56 Å². The fourth-order valence-corrected chi connectivity index (χ4v) is 2.64. The van der Waals surface area contributed by atoms with Gasteiger partial charge in [-0.3, -0.25) is 9.69 Å². The highest BCUT2D eigenvalue weighted by atomic mass is 16.2. The maximum Gasteiger partial charge on any atom is 0.276 e. The molecular formula is C17H21N5O. The minimum Gasteiger partial charge on any atom is -0.335 e. The van der Waals surface area contributed by atoms with Crippen molar-refractivity contribution in [1.82, 2.24) is 24.8 Å². The Hall–Kier alpha value is -2.47. The normalized spacial score (nSPS) is 16.1. The van der Waals surface area contributed by atoms with E-state index in [0.29, 0.717) is 5.69 Å². The zero-order valence-electron chi connectivity index (χ0n) is 13.3. The molecule has 6 nitrogen and oxygen atoms in total. The topological polar surface area (TPSA) is 54.3 Å². The van der Waals surface area contributed by atoms with Crippen molar-refractivity contribution in [2.45, 2.75) is 0 Å². The van der Waals surface area contributed by atoms with Crippen molar-refractivity contribution in [3.8, 4) is 0 Å². The zero-order chi connectivity index (χ0) is 16.1. The highest BCUT2D eigenvalue weighted by molar-refractivity contribution is 5.91. The summed E-state index contributed by atoms with van der Waals surface area (Å²) in [6.07, 6.45) is 5.84. The number of aromatic nitrogens is 3. The number of hydrogen-bond donors (Lipinski definition) is 0. The number of piperazine rings is 1. The molecule has 1 amide bonds. The molecule has 1 fully saturated rings. The molecule has 1 aromatic heterocycles. The molecule has 0 radical (unpaired) electrons. The van der Waals surface area contributed by atoms with Gasteiger partial charge in [0.25, 0.3) is 5.91 Å². The minimum absolute atomic E-state index is 0.0300. The molecular weight excluding hydrogens is 290 g/mol. The third kappa shape index (κ3) is 4.04. The third-order valence-corrected chi connectivity index (χ3v) is 3.95. The van der Waals surface area contributed by atoms with E-state index in [1.807, 2.05) is 23.1 Å². The molecule has 0 saturated carbocycles. The van der Waals surface area contributed by atoms with Crippen molar-refractivity contribution < 1.29 is 4.79 Å². The number of benzene rings is 1. The van der Waals surface area contributed by atoms with E-state index >= 15 is 0 Å². The molecule has 0 atom stereocenters. The smallest absolute Gasteiger partial charge is 0.276 e. The predicted octanol–water partition coefficient (Wildman–Crippen LogP) is 1.29. The van der Waals surface area contributed by atoms with Crippen LogP contribution < -0.4 is 0 Å². The van der Waals surface area contributed by atoms with Gasteiger partial charge in [-0.2, -0.15) is 9.90 Å². The van der Waals surface area contributed by atoms with Crippen LogP contribution in [0.2, 0.25) is 0 Å². The first kappa shape index (κ1) is 15.4. The van der Waals surface area contributed by atoms with Gasteiger partial charge in [-0.15, -0.1) is 5.10 Å². The van der Waals surface area contributed by atoms with Crippen LogP contribution >= 0.6 is 0 Å². The number of carbonyl (C=O) groups is 1. The van der Waals surface area contributed by atoms with Crippen LogP contribution in [0.25, 0.3) is 6.08 Å². The summed E-state index contributed by atoms with van der Waals surface area (Å²) in [6, 6.07) is 10.3. The summed E-state index contributed by atoms with van der Waals surface area (Å²) in [5.41, 5.74) is 1.63. The molecule has 2 heterocycles. The molecule has 2 aromatic rings. The van der Waals surface area contributed by atoms with Gasteiger partial charge in [-0.1, -0.05) is 42.5 Å². The number of carbonyl (C=O) groups excluding carboxylic acids is 1. The Morgan fingerprint density at radius 1 is 1.17 bits per heavy atom. The van der Waals surface area contributed by atoms with Crippen LogP contribution in [0, 0.1) is 0 Å². The second-order valence-electron chi connectivity index (χ2n) is 5.63. The summed E-state index contributed by atoms with van der Waals surface area (Å²) in [6.45, 7) is 4.13. The van der Waals surface area contributed by atoms with Crippen molar-refractivity contribution in [1.29, 1.82) is 0 Å². The molecule has 1 aliphatic heterocycles. The first-order chi connectivity index (χ1) is 11.2. The first-order valence-corrected chi connectivity index (χ1v) is 7.82. The van der Waals surface area contributed by atoms with E-state index in [9.17, 15) is 4.79 Å². The summed E-state index contributed by atoms with van der Waals surface area (Å²) in [7, 11) is 1.72. The largest absolute Gasteiger partial charge is 0.335 e. The number of amides is 1. The van der Waals surface area contributed by atoms with Gasteiger partial charge in [0.15, 0.2) is 5.69 Å². The average molecular weight is 311 g/mol. The molecule has 120 valence electrons. The number of aryl methyl sites for hydroxylation is 1. The number of rotatable bonds is 4. The van der Waals surface area contributed by atoms with Crippen LogP contribution in [0.15, 0.2) is 42.6 Å².